The van der Waals surface area contributed by atoms with Crippen molar-refractivity contribution in [1.29, 1.82) is 5.26 Å². The topological polar surface area (TPSA) is 59.0 Å². The normalized spacial score (nSPS) is 7.33. The van der Waals surface area contributed by atoms with Crippen molar-refractivity contribution < 1.29 is 4.18 Å². The van der Waals surface area contributed by atoms with Gasteiger partial charge in [0.1, 0.15) is 6.61 Å². The van der Waals surface area contributed by atoms with E-state index in [2.05, 4.69) is 4.18 Å². The molecule has 0 aliphatic rings. The molecular formula is C2H4N2OS. The van der Waals surface area contributed by atoms with E-state index in [1.807, 2.05) is 0 Å². The van der Waals surface area contributed by atoms with Gasteiger partial charge in [-0.15, -0.1) is 0 Å². The zero-order chi connectivity index (χ0) is 4.83. The standard InChI is InChI=1S/C2H4N2OS/c3-1-2-5-6-4/h2,4H2. The van der Waals surface area contributed by atoms with Crippen molar-refractivity contribution in [2.75, 3.05) is 6.61 Å². The lowest BCUT2D eigenvalue weighted by Gasteiger charge is -1.81. The van der Waals surface area contributed by atoms with Crippen LogP contribution in [0.15, 0.2) is 0 Å². The van der Waals surface area contributed by atoms with E-state index in [-0.39, 0.29) is 6.61 Å². The molecule has 2 N–H and O–H groups in total. The Morgan fingerprint density at radius 3 is 2.83 bits per heavy atom. The van der Waals surface area contributed by atoms with Crippen LogP contribution in [-0.2, 0) is 4.18 Å². The molecule has 6 heavy (non-hydrogen) atoms. The quantitative estimate of drug-likeness (QED) is 0.305. The van der Waals surface area contributed by atoms with Gasteiger partial charge in [0.05, 0.1) is 18.3 Å². The first kappa shape index (κ1) is 5.76. The summed E-state index contributed by atoms with van der Waals surface area (Å²) in [5.41, 5.74) is 0. The maximum atomic E-state index is 7.75. The lowest BCUT2D eigenvalue weighted by Crippen LogP contribution is -1.83. The minimum absolute atomic E-state index is 0.0567. The van der Waals surface area contributed by atoms with Crippen LogP contribution >= 0.6 is 12.2 Å². The SMILES string of the molecule is N#CCOSN. The van der Waals surface area contributed by atoms with E-state index in [1.165, 1.54) is 0 Å². The summed E-state index contributed by atoms with van der Waals surface area (Å²) in [6.07, 6.45) is 0. The molecule has 0 aliphatic heterocycles. The maximum Gasteiger partial charge on any atom is 0.149 e. The zero-order valence-corrected chi connectivity index (χ0v) is 3.86. The van der Waals surface area contributed by atoms with Crippen LogP contribution in [-0.4, -0.2) is 6.61 Å². The van der Waals surface area contributed by atoms with Crippen LogP contribution in [0.1, 0.15) is 0 Å². The number of rotatable bonds is 2. The fourth-order valence-corrected chi connectivity index (χ4v) is 0.181. The van der Waals surface area contributed by atoms with Crippen molar-refractivity contribution in [2.45, 2.75) is 0 Å². The second-order valence-electron chi connectivity index (χ2n) is 0.517. The van der Waals surface area contributed by atoms with E-state index in [0.29, 0.717) is 12.2 Å². The first-order valence-corrected chi connectivity index (χ1v) is 2.07. The van der Waals surface area contributed by atoms with Gasteiger partial charge in [-0.25, -0.2) is 0 Å². The second-order valence-corrected chi connectivity index (χ2v) is 0.945. The summed E-state index contributed by atoms with van der Waals surface area (Å²) >= 11 is 0.704. The smallest absolute Gasteiger partial charge is 0.149 e. The molecule has 34 valence electrons. The van der Waals surface area contributed by atoms with E-state index in [9.17, 15) is 0 Å². The molecule has 0 bridgehead atoms. The van der Waals surface area contributed by atoms with Crippen LogP contribution in [0.2, 0.25) is 0 Å². The van der Waals surface area contributed by atoms with E-state index in [1.54, 1.807) is 6.07 Å². The Bertz CT molecular complexity index is 59.1. The Morgan fingerprint density at radius 1 is 2.00 bits per heavy atom. The Labute approximate surface area is 40.4 Å². The summed E-state index contributed by atoms with van der Waals surface area (Å²) in [4.78, 5) is 0. The van der Waals surface area contributed by atoms with Gasteiger partial charge < -0.3 is 0 Å². The number of hydrogen-bond donors (Lipinski definition) is 1. The average Bonchev–Trinajstić information content (AvgIpc) is 1.61. The van der Waals surface area contributed by atoms with E-state index in [0.717, 1.165) is 0 Å². The first-order chi connectivity index (χ1) is 2.91. The lowest BCUT2D eigenvalue weighted by molar-refractivity contribution is 0.435. The van der Waals surface area contributed by atoms with Crippen molar-refractivity contribution in [3.05, 3.63) is 0 Å². The van der Waals surface area contributed by atoms with Gasteiger partial charge in [0, 0.05) is 0 Å². The number of nitrogens with two attached hydrogens (primary N) is 1. The highest BCUT2D eigenvalue weighted by Crippen LogP contribution is 1.83. The summed E-state index contributed by atoms with van der Waals surface area (Å²) in [5.74, 6) is 0. The van der Waals surface area contributed by atoms with Gasteiger partial charge in [-0.3, -0.25) is 9.32 Å². The highest BCUT2D eigenvalue weighted by Gasteiger charge is 1.72. The molecule has 0 saturated carbocycles. The number of nitriles is 1. The Balaban J connectivity index is 2.54. The summed E-state index contributed by atoms with van der Waals surface area (Å²) < 4.78 is 4.32. The molecular weight excluding hydrogens is 100 g/mol. The average molecular weight is 104 g/mol. The molecule has 0 atom stereocenters. The molecule has 0 radical (unpaired) electrons. The van der Waals surface area contributed by atoms with Crippen molar-refractivity contribution in [1.82, 2.24) is 0 Å². The summed E-state index contributed by atoms with van der Waals surface area (Å²) in [5, 5.41) is 12.5. The van der Waals surface area contributed by atoms with E-state index >= 15 is 0 Å². The van der Waals surface area contributed by atoms with Gasteiger partial charge >= 0.3 is 0 Å². The molecule has 0 amide bonds. The molecule has 3 nitrogen and oxygen atoms in total. The largest absolute Gasteiger partial charge is 0.286 e. The zero-order valence-electron chi connectivity index (χ0n) is 3.05. The highest BCUT2D eigenvalue weighted by molar-refractivity contribution is 7.92. The third-order valence-electron chi connectivity index (χ3n) is 0.192. The van der Waals surface area contributed by atoms with Crippen LogP contribution in [0.4, 0.5) is 0 Å². The minimum Gasteiger partial charge on any atom is -0.286 e. The minimum atomic E-state index is 0.0567. The summed E-state index contributed by atoms with van der Waals surface area (Å²) in [7, 11) is 0. The van der Waals surface area contributed by atoms with Gasteiger partial charge in [-0.2, -0.15) is 5.26 Å². The van der Waals surface area contributed by atoms with Crippen LogP contribution < -0.4 is 5.14 Å². The van der Waals surface area contributed by atoms with Crippen molar-refractivity contribution in [3.63, 3.8) is 0 Å². The van der Waals surface area contributed by atoms with Crippen molar-refractivity contribution in [3.8, 4) is 6.07 Å². The fraction of sp³-hybridized carbons (Fsp3) is 0.500. The molecule has 0 rings (SSSR count). The lowest BCUT2D eigenvalue weighted by atomic mass is 10.9. The maximum absolute atomic E-state index is 7.75. The third kappa shape index (κ3) is 3.76. The summed E-state index contributed by atoms with van der Waals surface area (Å²) in [6, 6.07) is 1.75. The number of hydrogen-bond acceptors (Lipinski definition) is 4. The molecule has 0 aliphatic carbocycles. The van der Waals surface area contributed by atoms with Gasteiger partial charge in [0.2, 0.25) is 0 Å². The molecule has 0 heterocycles. The fourth-order valence-electron chi connectivity index (χ4n) is 0.0604. The molecule has 0 aromatic carbocycles. The van der Waals surface area contributed by atoms with Gasteiger partial charge in [0.15, 0.2) is 0 Å². The molecule has 0 aromatic rings. The predicted octanol–water partition coefficient (Wildman–Crippen LogP) is 0.0485. The van der Waals surface area contributed by atoms with E-state index < -0.39 is 0 Å². The molecule has 0 fully saturated rings. The molecule has 0 spiro atoms. The van der Waals surface area contributed by atoms with Gasteiger partial charge in [-0.05, 0) is 0 Å². The monoisotopic (exact) mass is 104 g/mol. The second kappa shape index (κ2) is 4.76. The van der Waals surface area contributed by atoms with Gasteiger partial charge in [-0.1, -0.05) is 0 Å². The first-order valence-electron chi connectivity index (χ1n) is 1.27. The predicted molar refractivity (Wildman–Crippen MR) is 23.3 cm³/mol. The van der Waals surface area contributed by atoms with Crippen LogP contribution in [0.5, 0.6) is 0 Å². The number of nitrogens with zero attached hydrogens (tertiary/aromatic N) is 1. The Morgan fingerprint density at radius 2 is 2.67 bits per heavy atom. The Kier molecular flexibility index (Phi) is 4.57. The van der Waals surface area contributed by atoms with Crippen LogP contribution in [0.3, 0.4) is 0 Å². The van der Waals surface area contributed by atoms with Gasteiger partial charge in [0.25, 0.3) is 0 Å². The van der Waals surface area contributed by atoms with E-state index in [4.69, 9.17) is 10.4 Å². The Hall–Kier alpha value is -0.240. The molecule has 4 heteroatoms. The highest BCUT2D eigenvalue weighted by atomic mass is 32.2. The van der Waals surface area contributed by atoms with Crippen LogP contribution in [0, 0.1) is 11.3 Å². The van der Waals surface area contributed by atoms with Crippen molar-refractivity contribution >= 4 is 12.2 Å². The molecule has 0 aromatic heterocycles. The van der Waals surface area contributed by atoms with Crippen molar-refractivity contribution in [2.24, 2.45) is 5.14 Å². The summed E-state index contributed by atoms with van der Waals surface area (Å²) in [6.45, 7) is 0.0567. The van der Waals surface area contributed by atoms with Crippen LogP contribution in [0.25, 0.3) is 0 Å². The third-order valence-corrected chi connectivity index (χ3v) is 0.445. The molecule has 0 saturated heterocycles. The molecule has 0 unspecified atom stereocenters.